The van der Waals surface area contributed by atoms with Gasteiger partial charge in [0, 0.05) is 18.1 Å². The number of hydrogen-bond acceptors (Lipinski definition) is 2. The molecule has 0 atom stereocenters. The van der Waals surface area contributed by atoms with E-state index in [-0.39, 0.29) is 5.56 Å². The third-order valence-corrected chi connectivity index (χ3v) is 3.52. The van der Waals surface area contributed by atoms with E-state index >= 15 is 0 Å². The molecule has 3 nitrogen and oxygen atoms in total. The third-order valence-electron chi connectivity index (χ3n) is 2.22. The summed E-state index contributed by atoms with van der Waals surface area (Å²) in [7, 11) is 0. The lowest BCUT2D eigenvalue weighted by molar-refractivity contribution is 0.565. The van der Waals surface area contributed by atoms with Gasteiger partial charge in [0.1, 0.15) is 5.82 Å². The predicted molar refractivity (Wildman–Crippen MR) is 73.6 cm³/mol. The Kier molecular flexibility index (Phi) is 5.81. The van der Waals surface area contributed by atoms with Crippen LogP contribution in [0.5, 0.6) is 0 Å². The molecule has 0 N–H and O–H groups in total. The Morgan fingerprint density at radius 1 is 1.47 bits per heavy atom. The molecule has 0 radical (unpaired) electrons. The fourth-order valence-electron chi connectivity index (χ4n) is 1.36. The van der Waals surface area contributed by atoms with Crippen LogP contribution >= 0.6 is 38.5 Å². The number of nitrogens with zero attached hydrogens (tertiary/aromatic N) is 2. The second-order valence-electron chi connectivity index (χ2n) is 3.36. The number of alkyl halides is 1. The van der Waals surface area contributed by atoms with E-state index in [1.807, 2.05) is 29.5 Å². The summed E-state index contributed by atoms with van der Waals surface area (Å²) < 4.78 is 2.45. The largest absolute Gasteiger partial charge is 0.296 e. The smallest absolute Gasteiger partial charge is 0.266 e. The highest BCUT2D eigenvalue weighted by atomic mass is 127. The summed E-state index contributed by atoms with van der Waals surface area (Å²) in [6.45, 7) is 2.66. The Bertz CT molecular complexity index is 378. The van der Waals surface area contributed by atoms with Gasteiger partial charge >= 0.3 is 0 Å². The van der Waals surface area contributed by atoms with E-state index in [4.69, 9.17) is 0 Å². The van der Waals surface area contributed by atoms with Crippen LogP contribution in [0, 0.1) is 10.5 Å². The first-order valence-corrected chi connectivity index (χ1v) is 7.14. The molecule has 0 aromatic carbocycles. The summed E-state index contributed by atoms with van der Waals surface area (Å²) in [5.74, 6) is 0.805. The molecular formula is C10H14BrIN2O. The first kappa shape index (κ1) is 13.2. The number of aryl methyl sites for hydroxylation is 1. The van der Waals surface area contributed by atoms with Crippen LogP contribution in [0.4, 0.5) is 0 Å². The van der Waals surface area contributed by atoms with Gasteiger partial charge in [-0.15, -0.1) is 0 Å². The minimum absolute atomic E-state index is 0.0851. The highest BCUT2D eigenvalue weighted by Crippen LogP contribution is 2.03. The van der Waals surface area contributed by atoms with Gasteiger partial charge in [0.15, 0.2) is 0 Å². The van der Waals surface area contributed by atoms with Crippen molar-refractivity contribution >= 4 is 38.5 Å². The van der Waals surface area contributed by atoms with Crippen molar-refractivity contribution in [1.29, 1.82) is 0 Å². The van der Waals surface area contributed by atoms with Gasteiger partial charge in [0.2, 0.25) is 0 Å². The van der Waals surface area contributed by atoms with Crippen LogP contribution in [-0.2, 0) is 6.54 Å². The molecule has 0 unspecified atom stereocenters. The van der Waals surface area contributed by atoms with Gasteiger partial charge in [-0.3, -0.25) is 9.36 Å². The van der Waals surface area contributed by atoms with Gasteiger partial charge in [0.25, 0.3) is 5.56 Å². The molecule has 1 aromatic heterocycles. The number of unbranched alkanes of at least 4 members (excludes halogenated alkanes) is 2. The van der Waals surface area contributed by atoms with E-state index in [9.17, 15) is 4.79 Å². The zero-order chi connectivity index (χ0) is 11.3. The van der Waals surface area contributed by atoms with E-state index in [2.05, 4.69) is 20.9 Å². The highest BCUT2D eigenvalue weighted by molar-refractivity contribution is 14.1. The monoisotopic (exact) mass is 384 g/mol. The summed E-state index contributed by atoms with van der Waals surface area (Å²) in [6.07, 6.45) is 4.97. The van der Waals surface area contributed by atoms with Crippen LogP contribution < -0.4 is 5.56 Å². The van der Waals surface area contributed by atoms with Crippen LogP contribution in [-0.4, -0.2) is 14.9 Å². The van der Waals surface area contributed by atoms with Crippen molar-refractivity contribution in [1.82, 2.24) is 9.55 Å². The minimum atomic E-state index is 0.0851. The molecule has 15 heavy (non-hydrogen) atoms. The SMILES string of the molecule is Cc1ncc(I)c(=O)n1CCCCCBr. The van der Waals surface area contributed by atoms with E-state index in [1.165, 1.54) is 0 Å². The highest BCUT2D eigenvalue weighted by Gasteiger charge is 2.04. The Balaban J connectivity index is 2.68. The van der Waals surface area contributed by atoms with Crippen molar-refractivity contribution in [3.63, 3.8) is 0 Å². The number of halogens is 2. The summed E-state index contributed by atoms with van der Waals surface area (Å²) in [5.41, 5.74) is 0.0851. The second kappa shape index (κ2) is 6.62. The van der Waals surface area contributed by atoms with Gasteiger partial charge in [0.05, 0.1) is 3.57 Å². The summed E-state index contributed by atoms with van der Waals surface area (Å²) in [6, 6.07) is 0. The van der Waals surface area contributed by atoms with E-state index in [1.54, 1.807) is 10.8 Å². The molecule has 1 heterocycles. The second-order valence-corrected chi connectivity index (χ2v) is 5.31. The zero-order valence-corrected chi connectivity index (χ0v) is 12.4. The van der Waals surface area contributed by atoms with Crippen LogP contribution in [0.2, 0.25) is 0 Å². The fourth-order valence-corrected chi connectivity index (χ4v) is 2.18. The zero-order valence-electron chi connectivity index (χ0n) is 8.67. The summed E-state index contributed by atoms with van der Waals surface area (Å²) in [5, 5.41) is 1.03. The van der Waals surface area contributed by atoms with Gasteiger partial charge in [-0.25, -0.2) is 4.98 Å². The molecular weight excluding hydrogens is 371 g/mol. The van der Waals surface area contributed by atoms with Crippen molar-refractivity contribution in [3.8, 4) is 0 Å². The predicted octanol–water partition coefficient (Wildman–Crippen LogP) is 2.72. The van der Waals surface area contributed by atoms with Crippen LogP contribution in [0.15, 0.2) is 11.0 Å². The standard InChI is InChI=1S/C10H14BrIN2O/c1-8-13-7-9(12)10(15)14(8)6-4-2-3-5-11/h7H,2-6H2,1H3. The molecule has 1 rings (SSSR count). The molecule has 0 aliphatic carbocycles. The lowest BCUT2D eigenvalue weighted by Crippen LogP contribution is -2.25. The van der Waals surface area contributed by atoms with Crippen molar-refractivity contribution < 1.29 is 0 Å². The molecule has 5 heteroatoms. The maximum absolute atomic E-state index is 11.8. The number of aromatic nitrogens is 2. The molecule has 0 aliphatic rings. The maximum Gasteiger partial charge on any atom is 0.266 e. The van der Waals surface area contributed by atoms with Crippen molar-refractivity contribution in [2.45, 2.75) is 32.7 Å². The topological polar surface area (TPSA) is 34.9 Å². The number of rotatable bonds is 5. The molecule has 0 spiro atoms. The molecule has 0 bridgehead atoms. The Labute approximate surface area is 112 Å². The molecule has 84 valence electrons. The summed E-state index contributed by atoms with van der Waals surface area (Å²) in [4.78, 5) is 15.9. The summed E-state index contributed by atoms with van der Waals surface area (Å²) >= 11 is 5.43. The van der Waals surface area contributed by atoms with Crippen LogP contribution in [0.1, 0.15) is 25.1 Å². The average molecular weight is 385 g/mol. The molecule has 0 saturated heterocycles. The Morgan fingerprint density at radius 2 is 2.20 bits per heavy atom. The van der Waals surface area contributed by atoms with Gasteiger partial charge in [-0.2, -0.15) is 0 Å². The van der Waals surface area contributed by atoms with E-state index in [0.717, 1.165) is 37.0 Å². The average Bonchev–Trinajstić information content (AvgIpc) is 2.23. The fraction of sp³-hybridized carbons (Fsp3) is 0.600. The normalized spacial score (nSPS) is 10.6. The van der Waals surface area contributed by atoms with Crippen molar-refractivity contribution in [3.05, 3.63) is 25.9 Å². The van der Waals surface area contributed by atoms with Crippen LogP contribution in [0.25, 0.3) is 0 Å². The number of hydrogen-bond donors (Lipinski definition) is 0. The van der Waals surface area contributed by atoms with Crippen molar-refractivity contribution in [2.24, 2.45) is 0 Å². The molecule has 0 amide bonds. The molecule has 0 saturated carbocycles. The quantitative estimate of drug-likeness (QED) is 0.444. The van der Waals surface area contributed by atoms with E-state index < -0.39 is 0 Å². The maximum atomic E-state index is 11.8. The molecule has 0 fully saturated rings. The third kappa shape index (κ3) is 3.86. The van der Waals surface area contributed by atoms with Gasteiger partial charge in [-0.1, -0.05) is 22.4 Å². The first-order valence-electron chi connectivity index (χ1n) is 4.94. The minimum Gasteiger partial charge on any atom is -0.296 e. The van der Waals surface area contributed by atoms with Crippen molar-refractivity contribution in [2.75, 3.05) is 5.33 Å². The lowest BCUT2D eigenvalue weighted by atomic mass is 10.2. The molecule has 1 aromatic rings. The van der Waals surface area contributed by atoms with Gasteiger partial charge < -0.3 is 0 Å². The lowest BCUT2D eigenvalue weighted by Gasteiger charge is -2.08. The first-order chi connectivity index (χ1) is 7.16. The Morgan fingerprint density at radius 3 is 2.87 bits per heavy atom. The van der Waals surface area contributed by atoms with Crippen LogP contribution in [0.3, 0.4) is 0 Å². The van der Waals surface area contributed by atoms with Gasteiger partial charge in [-0.05, 0) is 42.4 Å². The molecule has 0 aliphatic heterocycles. The van der Waals surface area contributed by atoms with E-state index in [0.29, 0.717) is 3.57 Å². The Hall–Kier alpha value is 0.0900.